The lowest BCUT2D eigenvalue weighted by atomic mass is 9.84. The molecular weight excluding hydrogens is 304 g/mol. The van der Waals surface area contributed by atoms with Crippen LogP contribution in [0.5, 0.6) is 0 Å². The zero-order valence-electron chi connectivity index (χ0n) is 15.3. The van der Waals surface area contributed by atoms with Gasteiger partial charge in [-0.2, -0.15) is 0 Å². The first-order valence-electron chi connectivity index (χ1n) is 9.34. The monoisotopic (exact) mass is 334 g/mol. The van der Waals surface area contributed by atoms with Gasteiger partial charge in [0.05, 0.1) is 11.7 Å². The lowest BCUT2D eigenvalue weighted by Crippen LogP contribution is -2.30. The number of rotatable bonds is 0. The molecule has 0 radical (unpaired) electrons. The summed E-state index contributed by atoms with van der Waals surface area (Å²) in [5, 5.41) is 10.3. The maximum absolute atomic E-state index is 10.3. The van der Waals surface area contributed by atoms with E-state index in [-0.39, 0.29) is 17.3 Å². The summed E-state index contributed by atoms with van der Waals surface area (Å²) in [5.74, 6) is 0. The van der Waals surface area contributed by atoms with Crippen LogP contribution in [-0.2, 0) is 14.2 Å². The highest BCUT2D eigenvalue weighted by Crippen LogP contribution is 2.62. The molecule has 1 aliphatic carbocycles. The summed E-state index contributed by atoms with van der Waals surface area (Å²) >= 11 is 0. The summed E-state index contributed by atoms with van der Waals surface area (Å²) in [6, 6.07) is 0. The summed E-state index contributed by atoms with van der Waals surface area (Å²) in [6.45, 7) is 8.56. The van der Waals surface area contributed by atoms with Gasteiger partial charge in [-0.25, -0.2) is 0 Å². The van der Waals surface area contributed by atoms with Gasteiger partial charge in [-0.15, -0.1) is 0 Å². The van der Waals surface area contributed by atoms with E-state index in [1.165, 1.54) is 11.1 Å². The Hall–Kier alpha value is -0.680. The van der Waals surface area contributed by atoms with E-state index in [2.05, 4.69) is 32.9 Å². The van der Waals surface area contributed by atoms with Crippen LogP contribution in [0.4, 0.5) is 0 Å². The third-order valence-corrected chi connectivity index (χ3v) is 6.70. The Balaban J connectivity index is 1.57. The molecule has 134 valence electrons. The van der Waals surface area contributed by atoms with Crippen LogP contribution in [0.15, 0.2) is 23.3 Å². The molecule has 3 heterocycles. The van der Waals surface area contributed by atoms with Crippen LogP contribution in [0.3, 0.4) is 0 Å². The minimum absolute atomic E-state index is 0.0701. The maximum atomic E-state index is 10.3. The zero-order valence-corrected chi connectivity index (χ0v) is 15.3. The number of fused-ring (bicyclic) bond motifs is 1. The molecule has 0 saturated carbocycles. The average Bonchev–Trinajstić information content (AvgIpc) is 3.34. The standard InChI is InChI=1S/C20H30O4/c1-13-6-5-10-18(3)15(23-18)8-7-14(2)12-16-20(11-9-13)19(4,24-20)17(21)22-16/h6,12,15-17,21H,5,7-11H2,1-4H3/b13-6+,14-12+/t15-,16-,17+,18+,19+,20-/m1/s1. The van der Waals surface area contributed by atoms with Crippen LogP contribution in [0.2, 0.25) is 0 Å². The Morgan fingerprint density at radius 1 is 1.12 bits per heavy atom. The highest BCUT2D eigenvalue weighted by molar-refractivity contribution is 5.29. The first-order valence-corrected chi connectivity index (χ1v) is 9.34. The molecule has 0 bridgehead atoms. The minimum Gasteiger partial charge on any atom is -0.366 e. The van der Waals surface area contributed by atoms with Crippen LogP contribution >= 0.6 is 0 Å². The summed E-state index contributed by atoms with van der Waals surface area (Å²) in [5.41, 5.74) is 1.84. The second kappa shape index (κ2) is 5.41. The summed E-state index contributed by atoms with van der Waals surface area (Å²) in [4.78, 5) is 0. The molecule has 3 saturated heterocycles. The predicted molar refractivity (Wildman–Crippen MR) is 91.6 cm³/mol. The van der Waals surface area contributed by atoms with E-state index in [1.807, 2.05) is 6.92 Å². The Kier molecular flexibility index (Phi) is 3.78. The van der Waals surface area contributed by atoms with Crippen molar-refractivity contribution in [2.45, 2.75) is 102 Å². The molecule has 0 aromatic rings. The van der Waals surface area contributed by atoms with E-state index in [4.69, 9.17) is 14.2 Å². The van der Waals surface area contributed by atoms with E-state index in [0.29, 0.717) is 6.10 Å². The summed E-state index contributed by atoms with van der Waals surface area (Å²) < 4.78 is 17.9. The van der Waals surface area contributed by atoms with Crippen molar-refractivity contribution in [1.82, 2.24) is 0 Å². The fraction of sp³-hybridized carbons (Fsp3) is 0.800. The van der Waals surface area contributed by atoms with Crippen molar-refractivity contribution < 1.29 is 19.3 Å². The van der Waals surface area contributed by atoms with Gasteiger partial charge in [0, 0.05) is 0 Å². The van der Waals surface area contributed by atoms with Crippen LogP contribution < -0.4 is 0 Å². The third-order valence-electron chi connectivity index (χ3n) is 6.70. The molecule has 6 atom stereocenters. The van der Waals surface area contributed by atoms with Crippen LogP contribution in [0.25, 0.3) is 0 Å². The molecule has 0 aromatic heterocycles. The van der Waals surface area contributed by atoms with Crippen LogP contribution in [0.1, 0.15) is 66.2 Å². The number of hydrogen-bond acceptors (Lipinski definition) is 4. The van der Waals surface area contributed by atoms with E-state index in [0.717, 1.165) is 38.5 Å². The van der Waals surface area contributed by atoms with Crippen LogP contribution in [0, 0.1) is 0 Å². The summed E-state index contributed by atoms with van der Waals surface area (Å²) in [6.07, 6.45) is 10.0. The molecule has 0 unspecified atom stereocenters. The SMILES string of the molecule is C/C1=C\[C@H]2O[C@H](O)[C@]3(C)O[C@]23CC/C(C)=C/CC[C@]2(C)O[C@@H]2CC1. The maximum Gasteiger partial charge on any atom is 0.187 e. The second-order valence-corrected chi connectivity index (χ2v) is 8.57. The molecule has 1 spiro atoms. The number of aliphatic hydroxyl groups excluding tert-OH is 1. The quantitative estimate of drug-likeness (QED) is 0.543. The molecule has 3 fully saturated rings. The van der Waals surface area contributed by atoms with Gasteiger partial charge in [-0.3, -0.25) is 0 Å². The smallest absolute Gasteiger partial charge is 0.187 e. The van der Waals surface area contributed by atoms with Crippen molar-refractivity contribution in [1.29, 1.82) is 0 Å². The molecule has 4 heteroatoms. The number of aliphatic hydroxyl groups is 1. The molecular formula is C20H30O4. The minimum atomic E-state index is -0.832. The van der Waals surface area contributed by atoms with Crippen molar-refractivity contribution in [2.24, 2.45) is 0 Å². The molecule has 24 heavy (non-hydrogen) atoms. The van der Waals surface area contributed by atoms with Crippen molar-refractivity contribution in [3.8, 4) is 0 Å². The molecule has 3 aliphatic heterocycles. The number of allylic oxidation sites excluding steroid dienone is 3. The van der Waals surface area contributed by atoms with E-state index >= 15 is 0 Å². The Morgan fingerprint density at radius 2 is 1.92 bits per heavy atom. The summed E-state index contributed by atoms with van der Waals surface area (Å²) in [7, 11) is 0. The second-order valence-electron chi connectivity index (χ2n) is 8.57. The van der Waals surface area contributed by atoms with Gasteiger partial charge in [0.2, 0.25) is 0 Å². The van der Waals surface area contributed by atoms with E-state index in [1.54, 1.807) is 0 Å². The van der Waals surface area contributed by atoms with Crippen molar-refractivity contribution in [3.05, 3.63) is 23.3 Å². The molecule has 4 aliphatic rings. The van der Waals surface area contributed by atoms with Gasteiger partial charge in [0.25, 0.3) is 0 Å². The number of hydrogen-bond donors (Lipinski definition) is 1. The zero-order chi connectivity index (χ0) is 17.2. The normalized spacial score (nSPS) is 55.8. The van der Waals surface area contributed by atoms with Gasteiger partial charge in [0.1, 0.15) is 17.3 Å². The van der Waals surface area contributed by atoms with Gasteiger partial charge in [-0.1, -0.05) is 23.3 Å². The Morgan fingerprint density at radius 3 is 2.67 bits per heavy atom. The topological polar surface area (TPSA) is 54.5 Å². The third kappa shape index (κ3) is 2.50. The molecule has 4 rings (SSSR count). The molecule has 0 aromatic carbocycles. The largest absolute Gasteiger partial charge is 0.366 e. The van der Waals surface area contributed by atoms with E-state index < -0.39 is 11.9 Å². The fourth-order valence-corrected chi connectivity index (χ4v) is 4.61. The number of ether oxygens (including phenoxy) is 3. The van der Waals surface area contributed by atoms with Gasteiger partial charge in [-0.05, 0) is 66.2 Å². The number of epoxide rings is 2. The van der Waals surface area contributed by atoms with Gasteiger partial charge >= 0.3 is 0 Å². The Bertz CT molecular complexity index is 596. The first kappa shape index (κ1) is 16.8. The highest BCUT2D eigenvalue weighted by Gasteiger charge is 2.79. The first-order chi connectivity index (χ1) is 11.3. The van der Waals surface area contributed by atoms with Crippen LogP contribution in [-0.4, -0.2) is 40.4 Å². The lowest BCUT2D eigenvalue weighted by molar-refractivity contribution is -0.154. The van der Waals surface area contributed by atoms with Gasteiger partial charge in [0.15, 0.2) is 6.29 Å². The Labute approximate surface area is 144 Å². The predicted octanol–water partition coefficient (Wildman–Crippen LogP) is 3.64. The van der Waals surface area contributed by atoms with Crippen molar-refractivity contribution in [3.63, 3.8) is 0 Å². The molecule has 0 amide bonds. The lowest BCUT2D eigenvalue weighted by Gasteiger charge is -2.19. The average molecular weight is 334 g/mol. The highest BCUT2D eigenvalue weighted by atomic mass is 16.7. The van der Waals surface area contributed by atoms with E-state index in [9.17, 15) is 5.11 Å². The molecule has 1 N–H and O–H groups in total. The molecule has 4 nitrogen and oxygen atoms in total. The van der Waals surface area contributed by atoms with Gasteiger partial charge < -0.3 is 19.3 Å². The van der Waals surface area contributed by atoms with Crippen molar-refractivity contribution >= 4 is 0 Å². The van der Waals surface area contributed by atoms with Crippen molar-refractivity contribution in [2.75, 3.05) is 0 Å². The fourth-order valence-electron chi connectivity index (χ4n) is 4.61.